The van der Waals surface area contributed by atoms with E-state index in [1.807, 2.05) is 0 Å². The molecule has 0 bridgehead atoms. The van der Waals surface area contributed by atoms with Crippen LogP contribution in [0.1, 0.15) is 12.1 Å². The third kappa shape index (κ3) is 6.35. The summed E-state index contributed by atoms with van der Waals surface area (Å²) in [6.07, 6.45) is -5.43. The SMILES string of the molecule is OCC1O[C@@H](S[C@@H]2O[C@H](CO)C(O)C(n3cc(-c4ccc(F)cn4)nn3)[C@H]2O)[C@@H](O)C(n2cc(-c3cc(F)c(F)c(F)c3)nn2)[C@H]1O. The van der Waals surface area contributed by atoms with E-state index in [9.17, 15) is 48.2 Å². The van der Waals surface area contributed by atoms with Gasteiger partial charge in [-0.25, -0.2) is 26.9 Å². The summed E-state index contributed by atoms with van der Waals surface area (Å²) < 4.78 is 68.1. The highest BCUT2D eigenvalue weighted by Crippen LogP contribution is 2.42. The lowest BCUT2D eigenvalue weighted by atomic mass is 9.97. The Morgan fingerprint density at radius 3 is 1.70 bits per heavy atom. The van der Waals surface area contributed by atoms with Crippen molar-refractivity contribution in [3.05, 3.63) is 66.1 Å². The molecule has 0 aliphatic carbocycles. The molecule has 15 nitrogen and oxygen atoms in total. The summed E-state index contributed by atoms with van der Waals surface area (Å²) in [6, 6.07) is 1.27. The first-order valence-electron chi connectivity index (χ1n) is 14.0. The molecule has 2 fully saturated rings. The molecule has 2 aliphatic heterocycles. The average molecular weight is 686 g/mol. The molecule has 2 saturated heterocycles. The van der Waals surface area contributed by atoms with Crippen molar-refractivity contribution in [3.8, 4) is 22.6 Å². The number of pyridine rings is 1. The fourth-order valence-electron chi connectivity index (χ4n) is 5.44. The highest BCUT2D eigenvalue weighted by Gasteiger charge is 2.51. The van der Waals surface area contributed by atoms with Gasteiger partial charge in [-0.2, -0.15) is 0 Å². The van der Waals surface area contributed by atoms with Crippen molar-refractivity contribution < 1.29 is 57.7 Å². The summed E-state index contributed by atoms with van der Waals surface area (Å²) in [5, 5.41) is 80.1. The van der Waals surface area contributed by atoms with Crippen LogP contribution in [-0.4, -0.2) is 126 Å². The van der Waals surface area contributed by atoms with Crippen molar-refractivity contribution in [2.75, 3.05) is 13.2 Å². The maximum atomic E-state index is 13.8. The first kappa shape index (κ1) is 33.3. The van der Waals surface area contributed by atoms with Crippen LogP contribution < -0.4 is 0 Å². The second-order valence-corrected chi connectivity index (χ2v) is 12.0. The fourth-order valence-corrected chi connectivity index (χ4v) is 6.77. The molecule has 1 aromatic carbocycles. The summed E-state index contributed by atoms with van der Waals surface area (Å²) in [6.45, 7) is -1.42. The second kappa shape index (κ2) is 13.5. The fraction of sp³-hybridized carbons (Fsp3) is 0.444. The number of halogens is 4. The first-order valence-corrected chi connectivity index (χ1v) is 15.0. The number of rotatable bonds is 8. The predicted octanol–water partition coefficient (Wildman–Crippen LogP) is -0.451. The van der Waals surface area contributed by atoms with E-state index in [1.54, 1.807) is 0 Å². The Bertz CT molecular complexity index is 1680. The minimum absolute atomic E-state index is 0.130. The van der Waals surface area contributed by atoms with Crippen molar-refractivity contribution >= 4 is 11.8 Å². The number of aliphatic hydroxyl groups excluding tert-OH is 6. The van der Waals surface area contributed by atoms with E-state index < -0.39 is 96.1 Å². The lowest BCUT2D eigenvalue weighted by Crippen LogP contribution is -2.58. The van der Waals surface area contributed by atoms with Gasteiger partial charge in [0.25, 0.3) is 0 Å². The van der Waals surface area contributed by atoms with Gasteiger partial charge in [-0.1, -0.05) is 22.2 Å². The molecule has 0 amide bonds. The minimum Gasteiger partial charge on any atom is -0.394 e. The largest absolute Gasteiger partial charge is 0.394 e. The van der Waals surface area contributed by atoms with Gasteiger partial charge in [0.05, 0.1) is 37.5 Å². The van der Waals surface area contributed by atoms with E-state index in [0.29, 0.717) is 23.9 Å². The second-order valence-electron chi connectivity index (χ2n) is 10.8. The molecule has 0 spiro atoms. The topological polar surface area (TPSA) is 214 Å². The highest BCUT2D eigenvalue weighted by molar-refractivity contribution is 8.00. The van der Waals surface area contributed by atoms with Crippen molar-refractivity contribution in [2.45, 2.75) is 59.6 Å². The van der Waals surface area contributed by atoms with Gasteiger partial charge in [-0.05, 0) is 24.3 Å². The molecule has 252 valence electrons. The number of aromatic nitrogens is 7. The number of hydrogen-bond donors (Lipinski definition) is 6. The van der Waals surface area contributed by atoms with Crippen LogP contribution in [0.5, 0.6) is 0 Å². The molecule has 6 rings (SSSR count). The smallest absolute Gasteiger partial charge is 0.194 e. The van der Waals surface area contributed by atoms with E-state index in [2.05, 4.69) is 25.6 Å². The first-order chi connectivity index (χ1) is 22.5. The monoisotopic (exact) mass is 685 g/mol. The summed E-state index contributed by atoms with van der Waals surface area (Å²) >= 11 is 0.704. The lowest BCUT2D eigenvalue weighted by Gasteiger charge is -2.46. The number of benzene rings is 1. The molecule has 10 atom stereocenters. The molecule has 6 N–H and O–H groups in total. The molecule has 4 aromatic rings. The van der Waals surface area contributed by atoms with E-state index in [-0.39, 0.29) is 22.6 Å². The van der Waals surface area contributed by atoms with Gasteiger partial charge in [-0.15, -0.1) is 10.2 Å². The minimum atomic E-state index is -1.68. The Morgan fingerprint density at radius 1 is 0.702 bits per heavy atom. The zero-order chi connectivity index (χ0) is 33.6. The molecule has 3 aromatic heterocycles. The Morgan fingerprint density at radius 2 is 1.21 bits per heavy atom. The van der Waals surface area contributed by atoms with Crippen LogP contribution in [0, 0.1) is 23.3 Å². The average Bonchev–Trinajstić information content (AvgIpc) is 3.74. The molecule has 5 heterocycles. The van der Waals surface area contributed by atoms with Gasteiger partial charge >= 0.3 is 0 Å². The Labute approximate surface area is 266 Å². The number of nitrogens with zero attached hydrogens (tertiary/aromatic N) is 7. The molecule has 0 radical (unpaired) electrons. The van der Waals surface area contributed by atoms with Crippen LogP contribution >= 0.6 is 11.8 Å². The Kier molecular flexibility index (Phi) is 9.56. The predicted molar refractivity (Wildman–Crippen MR) is 150 cm³/mol. The van der Waals surface area contributed by atoms with Crippen LogP contribution in [0.25, 0.3) is 22.6 Å². The molecule has 47 heavy (non-hydrogen) atoms. The van der Waals surface area contributed by atoms with Gasteiger partial charge < -0.3 is 40.1 Å². The van der Waals surface area contributed by atoms with Crippen LogP contribution in [-0.2, 0) is 9.47 Å². The molecule has 4 unspecified atom stereocenters. The lowest BCUT2D eigenvalue weighted by molar-refractivity contribution is -0.189. The van der Waals surface area contributed by atoms with E-state index in [4.69, 9.17) is 9.47 Å². The quantitative estimate of drug-likeness (QED) is 0.102. The molecule has 2 aliphatic rings. The number of ether oxygens (including phenoxy) is 2. The van der Waals surface area contributed by atoms with E-state index in [0.717, 1.165) is 27.8 Å². The maximum absolute atomic E-state index is 13.8. The molecular formula is C27H27F4N7O8S. The Balaban J connectivity index is 1.25. The highest BCUT2D eigenvalue weighted by atomic mass is 32.2. The van der Waals surface area contributed by atoms with Crippen LogP contribution in [0.3, 0.4) is 0 Å². The van der Waals surface area contributed by atoms with Gasteiger partial charge in [0.2, 0.25) is 0 Å². The van der Waals surface area contributed by atoms with Crippen LogP contribution in [0.4, 0.5) is 17.6 Å². The van der Waals surface area contributed by atoms with Crippen molar-refractivity contribution in [1.29, 1.82) is 0 Å². The third-order valence-corrected chi connectivity index (χ3v) is 9.18. The molecule has 0 saturated carbocycles. The summed E-state index contributed by atoms with van der Waals surface area (Å²) in [5.41, 5.74) is -2.54. The van der Waals surface area contributed by atoms with Gasteiger partial charge in [0.15, 0.2) is 17.5 Å². The standard InChI is InChI=1S/C27H27F4N7O8S/c28-11-1-2-14(32-5-11)16-7-38(36-34-16)21-23(42)18(9-40)46-27(25(21)44)47-26-24(43)20(22(41)17(8-39)45-26)37-6-15(33-35-37)10-3-12(29)19(31)13(30)4-10/h1-7,17-18,20-27,39-44H,8-9H2/t17?,18-,20?,21?,22+,23?,24+,25-,26+,27+/m1/s1. The van der Waals surface area contributed by atoms with E-state index >= 15 is 0 Å². The molecule has 20 heteroatoms. The zero-order valence-corrected chi connectivity index (χ0v) is 24.6. The van der Waals surface area contributed by atoms with Crippen LogP contribution in [0.2, 0.25) is 0 Å². The van der Waals surface area contributed by atoms with Crippen molar-refractivity contribution in [1.82, 2.24) is 35.0 Å². The van der Waals surface area contributed by atoms with Gasteiger partial charge in [0.1, 0.15) is 76.8 Å². The van der Waals surface area contributed by atoms with Crippen molar-refractivity contribution in [3.63, 3.8) is 0 Å². The third-order valence-electron chi connectivity index (χ3n) is 7.87. The van der Waals surface area contributed by atoms with Gasteiger partial charge in [-0.3, -0.25) is 4.98 Å². The maximum Gasteiger partial charge on any atom is 0.194 e. The summed E-state index contributed by atoms with van der Waals surface area (Å²) in [4.78, 5) is 3.93. The number of thioether (sulfide) groups is 1. The number of aliphatic hydroxyl groups is 6. The van der Waals surface area contributed by atoms with Gasteiger partial charge in [0, 0.05) is 5.56 Å². The normalized spacial score (nSPS) is 31.3. The zero-order valence-electron chi connectivity index (χ0n) is 23.8. The summed E-state index contributed by atoms with van der Waals surface area (Å²) in [7, 11) is 0. The van der Waals surface area contributed by atoms with Crippen LogP contribution in [0.15, 0.2) is 42.9 Å². The van der Waals surface area contributed by atoms with E-state index in [1.165, 1.54) is 12.3 Å². The Hall–Kier alpha value is -3.60. The molecular weight excluding hydrogens is 658 g/mol. The summed E-state index contributed by atoms with van der Waals surface area (Å²) in [5.74, 6) is -5.19. The number of hydrogen-bond acceptors (Lipinski definition) is 14. The van der Waals surface area contributed by atoms with Crippen molar-refractivity contribution in [2.24, 2.45) is 0 Å².